The van der Waals surface area contributed by atoms with E-state index in [1.54, 1.807) is 18.2 Å². The van der Waals surface area contributed by atoms with Gasteiger partial charge in [-0.3, -0.25) is 4.79 Å². The maximum absolute atomic E-state index is 12.4. The van der Waals surface area contributed by atoms with Crippen LogP contribution in [0, 0.1) is 0 Å². The van der Waals surface area contributed by atoms with Crippen LogP contribution >= 0.6 is 0 Å². The van der Waals surface area contributed by atoms with Gasteiger partial charge in [-0.15, -0.1) is 0 Å². The van der Waals surface area contributed by atoms with Gasteiger partial charge < -0.3 is 9.84 Å². The van der Waals surface area contributed by atoms with Gasteiger partial charge in [0.25, 0.3) is 5.91 Å². The molecular formula is C20H18N2O3. The highest BCUT2D eigenvalue weighted by molar-refractivity contribution is 6.07. The van der Waals surface area contributed by atoms with Crippen LogP contribution < -0.4 is 10.2 Å². The predicted molar refractivity (Wildman–Crippen MR) is 98.3 cm³/mol. The van der Waals surface area contributed by atoms with E-state index in [-0.39, 0.29) is 11.7 Å². The van der Waals surface area contributed by atoms with E-state index in [1.165, 1.54) is 12.3 Å². The summed E-state index contributed by atoms with van der Waals surface area (Å²) in [5.74, 6) is 0.169. The smallest absolute Gasteiger partial charge is 0.271 e. The summed E-state index contributed by atoms with van der Waals surface area (Å²) in [6, 6.07) is 18.1. The third kappa shape index (κ3) is 3.77. The molecule has 0 fully saturated rings. The van der Waals surface area contributed by atoms with Gasteiger partial charge in [0, 0.05) is 5.56 Å². The maximum Gasteiger partial charge on any atom is 0.271 e. The number of phenolic OH excluding ortho intramolecular Hbond substituents is 1. The van der Waals surface area contributed by atoms with Gasteiger partial charge in [-0.05, 0) is 47.5 Å². The van der Waals surface area contributed by atoms with E-state index in [2.05, 4.69) is 10.5 Å². The van der Waals surface area contributed by atoms with E-state index in [0.29, 0.717) is 23.5 Å². The van der Waals surface area contributed by atoms with Crippen LogP contribution in [0.4, 0.5) is 0 Å². The van der Waals surface area contributed by atoms with Crippen molar-refractivity contribution in [2.24, 2.45) is 5.10 Å². The number of ether oxygens (including phenoxy) is 1. The Morgan fingerprint density at radius 2 is 1.96 bits per heavy atom. The molecule has 0 aliphatic rings. The van der Waals surface area contributed by atoms with Gasteiger partial charge in [-0.25, -0.2) is 5.43 Å². The van der Waals surface area contributed by atoms with Gasteiger partial charge >= 0.3 is 0 Å². The molecule has 0 saturated carbocycles. The molecule has 0 bridgehead atoms. The van der Waals surface area contributed by atoms with Crippen LogP contribution in [0.25, 0.3) is 10.8 Å². The highest BCUT2D eigenvalue weighted by Gasteiger charge is 2.08. The van der Waals surface area contributed by atoms with Crippen LogP contribution in [-0.4, -0.2) is 23.8 Å². The molecule has 0 unspecified atom stereocenters. The molecule has 1 amide bonds. The molecule has 126 valence electrons. The lowest BCUT2D eigenvalue weighted by Gasteiger charge is -2.06. The lowest BCUT2D eigenvalue weighted by molar-refractivity contribution is 0.0957. The van der Waals surface area contributed by atoms with E-state index in [9.17, 15) is 9.90 Å². The van der Waals surface area contributed by atoms with E-state index < -0.39 is 0 Å². The van der Waals surface area contributed by atoms with E-state index in [0.717, 1.165) is 10.8 Å². The van der Waals surface area contributed by atoms with Crippen LogP contribution in [0.1, 0.15) is 22.8 Å². The number of hydrogen-bond acceptors (Lipinski definition) is 4. The van der Waals surface area contributed by atoms with Gasteiger partial charge in [-0.2, -0.15) is 5.10 Å². The van der Waals surface area contributed by atoms with Crippen LogP contribution in [0.5, 0.6) is 11.5 Å². The summed E-state index contributed by atoms with van der Waals surface area (Å²) in [6.07, 6.45) is 1.50. The average Bonchev–Trinajstić information content (AvgIpc) is 2.64. The number of fused-ring (bicyclic) bond motifs is 1. The Kier molecular flexibility index (Phi) is 4.95. The van der Waals surface area contributed by atoms with Crippen LogP contribution in [-0.2, 0) is 0 Å². The second kappa shape index (κ2) is 7.49. The van der Waals surface area contributed by atoms with Crippen molar-refractivity contribution in [3.05, 3.63) is 71.8 Å². The fourth-order valence-corrected chi connectivity index (χ4v) is 2.53. The van der Waals surface area contributed by atoms with Crippen molar-refractivity contribution in [3.8, 4) is 11.5 Å². The minimum absolute atomic E-state index is 0.0683. The summed E-state index contributed by atoms with van der Waals surface area (Å²) in [5, 5.41) is 15.6. The molecule has 0 radical (unpaired) electrons. The zero-order valence-electron chi connectivity index (χ0n) is 13.8. The van der Waals surface area contributed by atoms with Crippen LogP contribution in [0.2, 0.25) is 0 Å². The number of amides is 1. The summed E-state index contributed by atoms with van der Waals surface area (Å²) in [7, 11) is 0. The number of hydrazone groups is 1. The number of carbonyl (C=O) groups is 1. The Bertz CT molecular complexity index is 930. The fraction of sp³-hybridized carbons (Fsp3) is 0.100. The number of benzene rings is 3. The zero-order valence-corrected chi connectivity index (χ0v) is 13.8. The molecule has 3 aromatic rings. The largest absolute Gasteiger partial charge is 0.504 e. The summed E-state index contributed by atoms with van der Waals surface area (Å²) in [4.78, 5) is 12.4. The highest BCUT2D eigenvalue weighted by atomic mass is 16.5. The van der Waals surface area contributed by atoms with Crippen molar-refractivity contribution < 1.29 is 14.6 Å². The molecule has 0 spiro atoms. The number of hydrogen-bond donors (Lipinski definition) is 2. The van der Waals surface area contributed by atoms with Crippen molar-refractivity contribution >= 4 is 22.9 Å². The van der Waals surface area contributed by atoms with Gasteiger partial charge in [0.2, 0.25) is 0 Å². The van der Waals surface area contributed by atoms with Crippen molar-refractivity contribution in [1.82, 2.24) is 5.43 Å². The number of rotatable bonds is 5. The second-order valence-electron chi connectivity index (χ2n) is 5.39. The molecular weight excluding hydrogens is 316 g/mol. The first-order valence-corrected chi connectivity index (χ1v) is 7.96. The summed E-state index contributed by atoms with van der Waals surface area (Å²) in [6.45, 7) is 2.29. The predicted octanol–water partition coefficient (Wildman–Crippen LogP) is 3.71. The lowest BCUT2D eigenvalue weighted by Crippen LogP contribution is -2.17. The third-order valence-electron chi connectivity index (χ3n) is 3.70. The van der Waals surface area contributed by atoms with Crippen molar-refractivity contribution in [3.63, 3.8) is 0 Å². The van der Waals surface area contributed by atoms with Gasteiger partial charge in [0.05, 0.1) is 12.8 Å². The molecule has 0 heterocycles. The minimum Gasteiger partial charge on any atom is -0.504 e. The normalized spacial score (nSPS) is 10.9. The van der Waals surface area contributed by atoms with Gasteiger partial charge in [0.15, 0.2) is 11.5 Å². The highest BCUT2D eigenvalue weighted by Crippen LogP contribution is 2.26. The topological polar surface area (TPSA) is 70.9 Å². The monoisotopic (exact) mass is 334 g/mol. The molecule has 0 aromatic heterocycles. The Labute approximate surface area is 145 Å². The van der Waals surface area contributed by atoms with E-state index in [1.807, 2.05) is 43.3 Å². The number of nitrogens with one attached hydrogen (secondary N) is 1. The minimum atomic E-state index is -0.281. The Balaban J connectivity index is 1.75. The SMILES string of the molecule is CCOc1cc(/C=N\NC(=O)c2cccc3ccccc23)ccc1O. The molecule has 0 aliphatic carbocycles. The zero-order chi connectivity index (χ0) is 17.6. The lowest BCUT2D eigenvalue weighted by atomic mass is 10.0. The number of phenols is 1. The molecule has 0 aliphatic heterocycles. The maximum atomic E-state index is 12.4. The standard InChI is InChI=1S/C20H18N2O3/c1-2-25-19-12-14(10-11-18(19)23)13-21-22-20(24)17-9-5-7-15-6-3-4-8-16(15)17/h3-13,23H,2H2,1H3,(H,22,24)/b21-13-. The molecule has 3 aromatic carbocycles. The Hall–Kier alpha value is -3.34. The molecule has 0 saturated heterocycles. The average molecular weight is 334 g/mol. The quantitative estimate of drug-likeness (QED) is 0.552. The second-order valence-corrected chi connectivity index (χ2v) is 5.39. The van der Waals surface area contributed by atoms with Crippen LogP contribution in [0.3, 0.4) is 0 Å². The third-order valence-corrected chi connectivity index (χ3v) is 3.70. The summed E-state index contributed by atoms with van der Waals surface area (Å²) >= 11 is 0. The van der Waals surface area contributed by atoms with E-state index in [4.69, 9.17) is 4.74 Å². The van der Waals surface area contributed by atoms with E-state index >= 15 is 0 Å². The van der Waals surface area contributed by atoms with Gasteiger partial charge in [0.1, 0.15) is 0 Å². The number of nitrogens with zero attached hydrogens (tertiary/aromatic N) is 1. The number of carbonyl (C=O) groups excluding carboxylic acids is 1. The first kappa shape index (κ1) is 16.5. The Morgan fingerprint density at radius 1 is 1.16 bits per heavy atom. The number of aromatic hydroxyl groups is 1. The Morgan fingerprint density at radius 3 is 2.80 bits per heavy atom. The first-order chi connectivity index (χ1) is 12.2. The summed E-state index contributed by atoms with van der Waals surface area (Å²) < 4.78 is 5.32. The molecule has 5 heteroatoms. The van der Waals surface area contributed by atoms with Crippen LogP contribution in [0.15, 0.2) is 65.8 Å². The van der Waals surface area contributed by atoms with Gasteiger partial charge in [-0.1, -0.05) is 36.4 Å². The molecule has 5 nitrogen and oxygen atoms in total. The van der Waals surface area contributed by atoms with Crippen molar-refractivity contribution in [2.75, 3.05) is 6.61 Å². The fourth-order valence-electron chi connectivity index (χ4n) is 2.53. The molecule has 25 heavy (non-hydrogen) atoms. The molecule has 0 atom stereocenters. The summed E-state index contributed by atoms with van der Waals surface area (Å²) in [5.41, 5.74) is 3.81. The first-order valence-electron chi connectivity index (χ1n) is 7.96. The van der Waals surface area contributed by atoms with Crippen molar-refractivity contribution in [1.29, 1.82) is 0 Å². The molecule has 3 rings (SSSR count). The molecule has 2 N–H and O–H groups in total. The van der Waals surface area contributed by atoms with Crippen molar-refractivity contribution in [2.45, 2.75) is 6.92 Å².